The minimum absolute atomic E-state index is 0.0372. The van der Waals surface area contributed by atoms with E-state index in [2.05, 4.69) is 10.0 Å². The summed E-state index contributed by atoms with van der Waals surface area (Å²) in [4.78, 5) is 12.6. The molecule has 3 rings (SSSR count). The van der Waals surface area contributed by atoms with Crippen molar-refractivity contribution in [3.05, 3.63) is 71.8 Å². The normalized spacial score (nSPS) is 11.7. The SMILES string of the molecule is CCOc1ccc(NS(=O)(=O)c2ccc(OCC(=O)Nc3cc(S(=O)(=O)N(C)C)ccc3C)c(C)c2)cc1. The fraction of sp³-hybridized carbons (Fsp3) is 0.269. The van der Waals surface area contributed by atoms with E-state index >= 15 is 0 Å². The summed E-state index contributed by atoms with van der Waals surface area (Å²) in [5.74, 6) is 0.472. The Morgan fingerprint density at radius 2 is 1.50 bits per heavy atom. The largest absolute Gasteiger partial charge is 0.494 e. The van der Waals surface area contributed by atoms with E-state index in [1.54, 1.807) is 44.2 Å². The second-order valence-corrected chi connectivity index (χ2v) is 12.4. The van der Waals surface area contributed by atoms with E-state index in [-0.39, 0.29) is 16.4 Å². The van der Waals surface area contributed by atoms with Gasteiger partial charge in [0.1, 0.15) is 11.5 Å². The van der Waals surface area contributed by atoms with Crippen LogP contribution in [0.3, 0.4) is 0 Å². The van der Waals surface area contributed by atoms with Crippen LogP contribution in [0.25, 0.3) is 0 Å². The van der Waals surface area contributed by atoms with E-state index in [0.717, 1.165) is 4.31 Å². The number of hydrogen-bond acceptors (Lipinski definition) is 7. The lowest BCUT2D eigenvalue weighted by atomic mass is 10.2. The zero-order chi connectivity index (χ0) is 28.1. The summed E-state index contributed by atoms with van der Waals surface area (Å²) in [6, 6.07) is 15.4. The molecular weight excluding hydrogens is 530 g/mol. The van der Waals surface area contributed by atoms with E-state index in [0.29, 0.717) is 40.6 Å². The van der Waals surface area contributed by atoms with Gasteiger partial charge >= 0.3 is 0 Å². The maximum atomic E-state index is 12.8. The number of carbonyl (C=O) groups excluding carboxylic acids is 1. The molecule has 38 heavy (non-hydrogen) atoms. The zero-order valence-electron chi connectivity index (χ0n) is 21.8. The third-order valence-electron chi connectivity index (χ3n) is 5.49. The number of aryl methyl sites for hydroxylation is 2. The quantitative estimate of drug-likeness (QED) is 0.364. The lowest BCUT2D eigenvalue weighted by Crippen LogP contribution is -2.23. The van der Waals surface area contributed by atoms with Crippen LogP contribution < -0.4 is 19.5 Å². The van der Waals surface area contributed by atoms with Gasteiger partial charge in [-0.2, -0.15) is 0 Å². The van der Waals surface area contributed by atoms with Crippen molar-refractivity contribution >= 4 is 37.3 Å². The van der Waals surface area contributed by atoms with Crippen molar-refractivity contribution in [3.63, 3.8) is 0 Å². The molecule has 0 bridgehead atoms. The van der Waals surface area contributed by atoms with Crippen molar-refractivity contribution in [3.8, 4) is 11.5 Å². The summed E-state index contributed by atoms with van der Waals surface area (Å²) in [6.45, 7) is 5.42. The van der Waals surface area contributed by atoms with Crippen LogP contribution >= 0.6 is 0 Å². The number of ether oxygens (including phenoxy) is 2. The number of sulfonamides is 2. The van der Waals surface area contributed by atoms with Gasteiger partial charge in [-0.3, -0.25) is 9.52 Å². The fourth-order valence-corrected chi connectivity index (χ4v) is 5.46. The highest BCUT2D eigenvalue weighted by Gasteiger charge is 2.19. The van der Waals surface area contributed by atoms with E-state index in [9.17, 15) is 21.6 Å². The third-order valence-corrected chi connectivity index (χ3v) is 8.68. The average molecular weight is 562 g/mol. The van der Waals surface area contributed by atoms with Crippen molar-refractivity contribution in [1.29, 1.82) is 0 Å². The van der Waals surface area contributed by atoms with Crippen molar-refractivity contribution in [2.75, 3.05) is 37.3 Å². The highest BCUT2D eigenvalue weighted by molar-refractivity contribution is 7.92. The maximum absolute atomic E-state index is 12.8. The van der Waals surface area contributed by atoms with Gasteiger partial charge < -0.3 is 14.8 Å². The van der Waals surface area contributed by atoms with Crippen LogP contribution in [0.15, 0.2) is 70.5 Å². The topological polar surface area (TPSA) is 131 Å². The molecule has 0 aromatic heterocycles. The first kappa shape index (κ1) is 29.0. The van der Waals surface area contributed by atoms with Crippen LogP contribution in [-0.2, 0) is 24.8 Å². The Kier molecular flexibility index (Phi) is 9.02. The standard InChI is InChI=1S/C26H31N3O7S2/c1-6-35-21-10-8-20(9-11-21)28-37(31,32)22-13-14-25(19(3)15-22)36-17-26(30)27-24-16-23(12-7-18(24)2)38(33,34)29(4)5/h7-16,28H,6,17H2,1-5H3,(H,27,30). The molecule has 3 aromatic carbocycles. The molecule has 0 atom stereocenters. The first-order valence-electron chi connectivity index (χ1n) is 11.7. The van der Waals surface area contributed by atoms with Crippen LogP contribution in [0, 0.1) is 13.8 Å². The lowest BCUT2D eigenvalue weighted by molar-refractivity contribution is -0.118. The molecule has 0 aliphatic carbocycles. The number of nitrogens with zero attached hydrogens (tertiary/aromatic N) is 1. The summed E-state index contributed by atoms with van der Waals surface area (Å²) in [5, 5.41) is 2.66. The second-order valence-electron chi connectivity index (χ2n) is 8.59. The highest BCUT2D eigenvalue weighted by Crippen LogP contribution is 2.25. The van der Waals surface area contributed by atoms with Gasteiger partial charge in [0, 0.05) is 25.5 Å². The molecule has 12 heteroatoms. The van der Waals surface area contributed by atoms with Crippen molar-refractivity contribution in [1.82, 2.24) is 4.31 Å². The smallest absolute Gasteiger partial charge is 0.262 e. The van der Waals surface area contributed by atoms with Gasteiger partial charge in [-0.05, 0) is 86.5 Å². The van der Waals surface area contributed by atoms with Gasteiger partial charge in [-0.25, -0.2) is 21.1 Å². The van der Waals surface area contributed by atoms with Crippen molar-refractivity contribution in [2.45, 2.75) is 30.6 Å². The van der Waals surface area contributed by atoms with Crippen LogP contribution in [0.4, 0.5) is 11.4 Å². The molecule has 0 fully saturated rings. The second kappa shape index (κ2) is 11.8. The van der Waals surface area contributed by atoms with Gasteiger partial charge in [-0.1, -0.05) is 6.07 Å². The van der Waals surface area contributed by atoms with Gasteiger partial charge in [0.2, 0.25) is 10.0 Å². The Balaban J connectivity index is 1.66. The molecule has 2 N–H and O–H groups in total. The number of rotatable bonds is 11. The molecule has 204 valence electrons. The van der Waals surface area contributed by atoms with Crippen LogP contribution in [-0.4, -0.2) is 54.4 Å². The zero-order valence-corrected chi connectivity index (χ0v) is 23.4. The van der Waals surface area contributed by atoms with Crippen molar-refractivity contribution < 1.29 is 31.1 Å². The minimum Gasteiger partial charge on any atom is -0.494 e. The maximum Gasteiger partial charge on any atom is 0.262 e. The molecule has 10 nitrogen and oxygen atoms in total. The molecular formula is C26H31N3O7S2. The molecule has 0 saturated heterocycles. The number of benzene rings is 3. The van der Waals surface area contributed by atoms with E-state index < -0.39 is 26.0 Å². The Hall–Kier alpha value is -3.61. The third kappa shape index (κ3) is 7.03. The minimum atomic E-state index is -3.86. The monoisotopic (exact) mass is 561 g/mol. The Morgan fingerprint density at radius 3 is 2.11 bits per heavy atom. The van der Waals surface area contributed by atoms with Crippen LogP contribution in [0.1, 0.15) is 18.1 Å². The summed E-state index contributed by atoms with van der Waals surface area (Å²) >= 11 is 0. The highest BCUT2D eigenvalue weighted by atomic mass is 32.2. The molecule has 0 aliphatic rings. The first-order valence-corrected chi connectivity index (χ1v) is 14.6. The van der Waals surface area contributed by atoms with Crippen LogP contribution in [0.2, 0.25) is 0 Å². The summed E-state index contributed by atoms with van der Waals surface area (Å²) in [5.41, 5.74) is 1.94. The number of hydrogen-bond donors (Lipinski definition) is 2. The lowest BCUT2D eigenvalue weighted by Gasteiger charge is -2.15. The Labute approximate surface area is 223 Å². The molecule has 0 heterocycles. The summed E-state index contributed by atoms with van der Waals surface area (Å²) in [7, 11) is -4.66. The average Bonchev–Trinajstić information content (AvgIpc) is 2.85. The molecule has 0 unspecified atom stereocenters. The van der Waals surface area contributed by atoms with Gasteiger partial charge in [0.15, 0.2) is 6.61 Å². The predicted molar refractivity (Wildman–Crippen MR) is 146 cm³/mol. The van der Waals surface area contributed by atoms with E-state index in [1.807, 2.05) is 6.92 Å². The molecule has 0 saturated carbocycles. The van der Waals surface area contributed by atoms with Gasteiger partial charge in [-0.15, -0.1) is 0 Å². The number of anilines is 2. The Bertz CT molecular complexity index is 1520. The van der Waals surface area contributed by atoms with E-state index in [1.165, 1.54) is 44.4 Å². The number of nitrogens with one attached hydrogen (secondary N) is 2. The molecule has 0 aliphatic heterocycles. The molecule has 0 radical (unpaired) electrons. The molecule has 3 aromatic rings. The summed E-state index contributed by atoms with van der Waals surface area (Å²) < 4.78 is 65.0. The summed E-state index contributed by atoms with van der Waals surface area (Å²) in [6.07, 6.45) is 0. The van der Waals surface area contributed by atoms with Crippen LogP contribution in [0.5, 0.6) is 11.5 Å². The first-order chi connectivity index (χ1) is 17.8. The van der Waals surface area contributed by atoms with Gasteiger partial charge in [0.05, 0.1) is 16.4 Å². The molecule has 1 amide bonds. The molecule has 0 spiro atoms. The number of amides is 1. The van der Waals surface area contributed by atoms with Crippen molar-refractivity contribution in [2.24, 2.45) is 0 Å². The Morgan fingerprint density at radius 1 is 0.842 bits per heavy atom. The fourth-order valence-electron chi connectivity index (χ4n) is 3.39. The number of carbonyl (C=O) groups is 1. The van der Waals surface area contributed by atoms with E-state index in [4.69, 9.17) is 9.47 Å². The predicted octanol–water partition coefficient (Wildman–Crippen LogP) is 3.77. The van der Waals surface area contributed by atoms with Gasteiger partial charge in [0.25, 0.3) is 15.9 Å².